The Hall–Kier alpha value is -1.38. The average Bonchev–Trinajstić information content (AvgIpc) is 3.12. The molecule has 0 aliphatic rings. The minimum Gasteiger partial charge on any atom is -0.469 e. The van der Waals surface area contributed by atoms with Crippen LogP contribution < -0.4 is 0 Å². The molecular formula is C38H74O12. The monoisotopic (exact) mass is 723 g/mol. The van der Waals surface area contributed by atoms with Crippen LogP contribution in [0.3, 0.4) is 0 Å². The van der Waals surface area contributed by atoms with Crippen LogP contribution in [0.4, 0.5) is 0 Å². The Morgan fingerprint density at radius 3 is 0.920 bits per heavy atom. The van der Waals surface area contributed by atoms with Gasteiger partial charge in [0.1, 0.15) is 6.61 Å². The second kappa shape index (κ2) is 43.8. The molecule has 0 bridgehead atoms. The van der Waals surface area contributed by atoms with Crippen molar-refractivity contribution in [1.82, 2.24) is 0 Å². The van der Waals surface area contributed by atoms with E-state index in [-0.39, 0.29) is 25.0 Å². The molecule has 0 saturated carbocycles. The predicted octanol–water partition coefficient (Wildman–Crippen LogP) is 6.49. The van der Waals surface area contributed by atoms with Crippen LogP contribution in [-0.4, -0.2) is 131 Å². The molecule has 0 N–H and O–H groups in total. The highest BCUT2D eigenvalue weighted by Crippen LogP contribution is 2.13. The summed E-state index contributed by atoms with van der Waals surface area (Å²) in [7, 11) is 1.35. The summed E-state index contributed by atoms with van der Waals surface area (Å²) in [6.07, 6.45) is 20.4. The quantitative estimate of drug-likeness (QED) is 0.0505. The lowest BCUT2D eigenvalue weighted by molar-refractivity contribution is -0.145. The fraction of sp³-hybridized carbons (Fsp3) is 0.947. The Kier molecular flexibility index (Phi) is 42.6. The van der Waals surface area contributed by atoms with E-state index in [0.717, 1.165) is 12.8 Å². The SMILES string of the molecule is CCCCCCCCCCCCCCCCCC(=O)OCCOCCOCCOCCOCCOCCOCCOCCOCCC(=O)OC. The fourth-order valence-corrected chi connectivity index (χ4v) is 4.83. The van der Waals surface area contributed by atoms with Gasteiger partial charge in [-0.05, 0) is 6.42 Å². The van der Waals surface area contributed by atoms with E-state index in [1.165, 1.54) is 90.6 Å². The van der Waals surface area contributed by atoms with Gasteiger partial charge >= 0.3 is 11.9 Å². The number of carbonyl (C=O) groups excluding carboxylic acids is 2. The maximum atomic E-state index is 11.9. The molecule has 0 fully saturated rings. The molecule has 0 atom stereocenters. The zero-order chi connectivity index (χ0) is 36.3. The van der Waals surface area contributed by atoms with E-state index in [0.29, 0.717) is 112 Å². The van der Waals surface area contributed by atoms with Gasteiger partial charge < -0.3 is 47.4 Å². The highest BCUT2D eigenvalue weighted by Gasteiger charge is 2.03. The third-order valence-electron chi connectivity index (χ3n) is 7.76. The Morgan fingerprint density at radius 2 is 0.600 bits per heavy atom. The maximum absolute atomic E-state index is 11.9. The largest absolute Gasteiger partial charge is 0.469 e. The van der Waals surface area contributed by atoms with Crippen LogP contribution in [0.1, 0.15) is 116 Å². The number of methoxy groups -OCH3 is 1. The first-order chi connectivity index (χ1) is 24.7. The van der Waals surface area contributed by atoms with Crippen LogP contribution in [0.2, 0.25) is 0 Å². The van der Waals surface area contributed by atoms with Gasteiger partial charge in [0, 0.05) is 6.42 Å². The second-order valence-corrected chi connectivity index (χ2v) is 12.1. The molecule has 0 aromatic rings. The molecule has 0 unspecified atom stereocenters. The summed E-state index contributed by atoms with van der Waals surface area (Å²) in [4.78, 5) is 22.8. The molecule has 0 spiro atoms. The lowest BCUT2D eigenvalue weighted by Crippen LogP contribution is -2.15. The molecule has 298 valence electrons. The van der Waals surface area contributed by atoms with Gasteiger partial charge in [-0.25, -0.2) is 0 Å². The Bertz CT molecular complexity index is 682. The smallest absolute Gasteiger partial charge is 0.307 e. The third kappa shape index (κ3) is 42.8. The number of rotatable bonds is 43. The van der Waals surface area contributed by atoms with Crippen molar-refractivity contribution < 1.29 is 57.0 Å². The molecule has 12 nitrogen and oxygen atoms in total. The van der Waals surface area contributed by atoms with Gasteiger partial charge in [0.2, 0.25) is 0 Å². The lowest BCUT2D eigenvalue weighted by atomic mass is 10.0. The van der Waals surface area contributed by atoms with Crippen molar-refractivity contribution in [2.45, 2.75) is 116 Å². The zero-order valence-electron chi connectivity index (χ0n) is 31.9. The Labute approximate surface area is 304 Å². The van der Waals surface area contributed by atoms with E-state index in [4.69, 9.17) is 42.6 Å². The van der Waals surface area contributed by atoms with Gasteiger partial charge in [-0.3, -0.25) is 9.59 Å². The van der Waals surface area contributed by atoms with E-state index in [1.54, 1.807) is 0 Å². The van der Waals surface area contributed by atoms with Gasteiger partial charge in [-0.1, -0.05) is 96.8 Å². The molecule has 12 heteroatoms. The first kappa shape index (κ1) is 48.6. The second-order valence-electron chi connectivity index (χ2n) is 12.1. The van der Waals surface area contributed by atoms with Crippen molar-refractivity contribution >= 4 is 11.9 Å². The number of esters is 2. The molecule has 0 saturated heterocycles. The molecule has 0 radical (unpaired) electrons. The number of ether oxygens (including phenoxy) is 10. The number of hydrogen-bond acceptors (Lipinski definition) is 12. The number of unbranched alkanes of at least 4 members (excludes halogenated alkanes) is 14. The summed E-state index contributed by atoms with van der Waals surface area (Å²) in [6.45, 7) is 9.92. The summed E-state index contributed by atoms with van der Waals surface area (Å²) in [5, 5.41) is 0. The van der Waals surface area contributed by atoms with Gasteiger partial charge in [0.15, 0.2) is 0 Å². The van der Waals surface area contributed by atoms with Crippen LogP contribution >= 0.6 is 0 Å². The van der Waals surface area contributed by atoms with E-state index >= 15 is 0 Å². The standard InChI is InChI=1S/C38H74O12/c1-3-4-5-6-7-8-9-10-11-12-13-14-15-16-17-18-38(40)50-36-35-49-34-33-48-32-31-47-30-29-46-28-27-45-26-25-44-24-23-43-22-21-42-20-19-37(39)41-2/h3-36H2,1-2H3. The van der Waals surface area contributed by atoms with Gasteiger partial charge in [-0.2, -0.15) is 0 Å². The lowest BCUT2D eigenvalue weighted by Gasteiger charge is -2.09. The highest BCUT2D eigenvalue weighted by molar-refractivity contribution is 5.69. The summed E-state index contributed by atoms with van der Waals surface area (Å²) < 4.78 is 53.2. The summed E-state index contributed by atoms with van der Waals surface area (Å²) >= 11 is 0. The van der Waals surface area contributed by atoms with Crippen LogP contribution in [0.5, 0.6) is 0 Å². The molecule has 50 heavy (non-hydrogen) atoms. The zero-order valence-corrected chi connectivity index (χ0v) is 31.9. The van der Waals surface area contributed by atoms with Crippen molar-refractivity contribution in [1.29, 1.82) is 0 Å². The molecule has 0 amide bonds. The minimum absolute atomic E-state index is 0.133. The molecular weight excluding hydrogens is 648 g/mol. The average molecular weight is 723 g/mol. The van der Waals surface area contributed by atoms with Crippen molar-refractivity contribution in [3.05, 3.63) is 0 Å². The van der Waals surface area contributed by atoms with Crippen molar-refractivity contribution in [2.24, 2.45) is 0 Å². The normalized spacial score (nSPS) is 11.3. The molecule has 0 aromatic carbocycles. The molecule has 0 aromatic heterocycles. The van der Waals surface area contributed by atoms with E-state index in [1.807, 2.05) is 0 Å². The molecule has 0 aliphatic carbocycles. The summed E-state index contributed by atoms with van der Waals surface area (Å²) in [6, 6.07) is 0. The van der Waals surface area contributed by atoms with Gasteiger partial charge in [-0.15, -0.1) is 0 Å². The van der Waals surface area contributed by atoms with Crippen molar-refractivity contribution in [2.75, 3.05) is 119 Å². The Morgan fingerprint density at radius 1 is 0.320 bits per heavy atom. The Balaban J connectivity index is 3.14. The third-order valence-corrected chi connectivity index (χ3v) is 7.76. The predicted molar refractivity (Wildman–Crippen MR) is 194 cm³/mol. The van der Waals surface area contributed by atoms with Gasteiger partial charge in [0.25, 0.3) is 0 Å². The van der Waals surface area contributed by atoms with E-state index in [9.17, 15) is 9.59 Å². The van der Waals surface area contributed by atoms with Crippen LogP contribution in [-0.2, 0) is 57.0 Å². The molecule has 0 heterocycles. The summed E-state index contributed by atoms with van der Waals surface area (Å²) in [5.74, 6) is -0.418. The van der Waals surface area contributed by atoms with Crippen molar-refractivity contribution in [3.8, 4) is 0 Å². The number of carbonyl (C=O) groups is 2. The van der Waals surface area contributed by atoms with E-state index in [2.05, 4.69) is 11.7 Å². The first-order valence-corrected chi connectivity index (χ1v) is 19.5. The maximum Gasteiger partial charge on any atom is 0.307 e. The van der Waals surface area contributed by atoms with Crippen LogP contribution in [0, 0.1) is 0 Å². The van der Waals surface area contributed by atoms with Gasteiger partial charge in [0.05, 0.1) is 119 Å². The van der Waals surface area contributed by atoms with E-state index < -0.39 is 0 Å². The molecule has 0 rings (SSSR count). The fourth-order valence-electron chi connectivity index (χ4n) is 4.83. The topological polar surface area (TPSA) is 126 Å². The van der Waals surface area contributed by atoms with Crippen LogP contribution in [0.15, 0.2) is 0 Å². The van der Waals surface area contributed by atoms with Crippen LogP contribution in [0.25, 0.3) is 0 Å². The summed E-state index contributed by atoms with van der Waals surface area (Å²) in [5.41, 5.74) is 0. The highest BCUT2D eigenvalue weighted by atomic mass is 16.6. The minimum atomic E-state index is -0.285. The van der Waals surface area contributed by atoms with Crippen molar-refractivity contribution in [3.63, 3.8) is 0 Å². The first-order valence-electron chi connectivity index (χ1n) is 19.5. The molecule has 0 aliphatic heterocycles. The number of hydrogen-bond donors (Lipinski definition) is 0.